The van der Waals surface area contributed by atoms with Gasteiger partial charge in [-0.05, 0) is 97.1 Å². The van der Waals surface area contributed by atoms with Gasteiger partial charge in [-0.2, -0.15) is 0 Å². The van der Waals surface area contributed by atoms with Crippen LogP contribution in [0.3, 0.4) is 0 Å². The number of quaternary nitrogens is 4. The summed E-state index contributed by atoms with van der Waals surface area (Å²) < 4.78 is 32.4. The zero-order valence-electron chi connectivity index (χ0n) is 47.7. The van der Waals surface area contributed by atoms with Gasteiger partial charge in [-0.15, -0.1) is 0 Å². The topological polar surface area (TPSA) is 36.9 Å². The van der Waals surface area contributed by atoms with Gasteiger partial charge in [0.05, 0.1) is 52.4 Å². The van der Waals surface area contributed by atoms with Crippen molar-refractivity contribution in [1.82, 2.24) is 17.9 Å². The minimum atomic E-state index is -0.767. The standard InChI is InChI=1S/C73H84N4O4/c1-5-29-65(30-6-1)74(41-13-14-42-74)53-61-25-21-37-69(49-61)78-57-73(58-79-70-38-22-26-62(50-70)54-75(43-15-16-44-75)66-31-7-2-8-32-66,59-80-71-39-23-27-63(51-71)55-76(45-17-18-46-76)67-33-9-3-10-34-67)60-81-72-40-24-28-64(52-72)56-77(47-19-20-48-77)68-35-11-4-12-36-68/h1-12,21-40,49-52H,13-20,41-48,53-60H2/q+4. The zero-order valence-corrected chi connectivity index (χ0v) is 47.7. The van der Waals surface area contributed by atoms with Gasteiger partial charge in [-0.25, -0.2) is 0 Å². The molecule has 0 unspecified atom stereocenters. The maximum absolute atomic E-state index is 7.15. The third-order valence-electron chi connectivity index (χ3n) is 18.6. The highest BCUT2D eigenvalue weighted by molar-refractivity contribution is 5.48. The van der Waals surface area contributed by atoms with Crippen molar-refractivity contribution in [3.63, 3.8) is 0 Å². The first-order chi connectivity index (χ1) is 39.9. The molecule has 416 valence electrons. The summed E-state index contributed by atoms with van der Waals surface area (Å²) in [5.74, 6) is 3.37. The van der Waals surface area contributed by atoms with Crippen molar-refractivity contribution in [2.45, 2.75) is 77.5 Å². The Balaban J connectivity index is 0.866. The Morgan fingerprint density at radius 1 is 0.247 bits per heavy atom. The molecule has 0 radical (unpaired) electrons. The average molecular weight is 1080 g/mol. The van der Waals surface area contributed by atoms with E-state index >= 15 is 0 Å². The van der Waals surface area contributed by atoms with Gasteiger partial charge in [0.25, 0.3) is 0 Å². The summed E-state index contributed by atoms with van der Waals surface area (Å²) in [7, 11) is 0. The van der Waals surface area contributed by atoms with E-state index < -0.39 is 5.41 Å². The van der Waals surface area contributed by atoms with Crippen molar-refractivity contribution < 1.29 is 18.9 Å². The predicted molar refractivity (Wildman–Crippen MR) is 334 cm³/mol. The van der Waals surface area contributed by atoms with E-state index in [-0.39, 0.29) is 0 Å². The first-order valence-corrected chi connectivity index (χ1v) is 30.4. The number of hydrogen-bond acceptors (Lipinski definition) is 4. The van der Waals surface area contributed by atoms with Gasteiger partial charge in [-0.3, -0.25) is 17.9 Å². The molecule has 0 aromatic heterocycles. The smallest absolute Gasteiger partial charge is 0.133 e. The fourth-order valence-corrected chi connectivity index (χ4v) is 14.3. The van der Waals surface area contributed by atoms with Gasteiger partial charge >= 0.3 is 0 Å². The van der Waals surface area contributed by atoms with E-state index in [0.29, 0.717) is 26.4 Å². The van der Waals surface area contributed by atoms with Gasteiger partial charge in [0.2, 0.25) is 0 Å². The number of para-hydroxylation sites is 4. The van der Waals surface area contributed by atoms with E-state index in [9.17, 15) is 0 Å². The van der Waals surface area contributed by atoms with E-state index in [2.05, 4.69) is 218 Å². The SMILES string of the molecule is c1ccc([N+]2(Cc3cccc(OCC(COc4cccc(C[N+]5(c6ccccc6)CCCC5)c4)(COc4cccc(C[N+]5(c6ccccc6)CCCC5)c4)COc4cccc(C[N+]5(c6ccccc6)CCCC5)c4)c3)CCCC2)cc1. The average Bonchev–Trinajstić information content (AvgIpc) is 4.43. The van der Waals surface area contributed by atoms with Crippen LogP contribution < -0.4 is 36.9 Å². The van der Waals surface area contributed by atoms with Crippen molar-refractivity contribution in [1.29, 1.82) is 0 Å². The molecule has 0 amide bonds. The molecule has 8 heteroatoms. The van der Waals surface area contributed by atoms with Crippen LogP contribution in [0.1, 0.15) is 73.6 Å². The highest BCUT2D eigenvalue weighted by Gasteiger charge is 2.40. The molecule has 0 atom stereocenters. The van der Waals surface area contributed by atoms with Crippen molar-refractivity contribution in [3.05, 3.63) is 241 Å². The lowest BCUT2D eigenvalue weighted by Gasteiger charge is -2.35. The molecule has 4 aliphatic rings. The normalized spacial score (nSPS) is 17.9. The predicted octanol–water partition coefficient (Wildman–Crippen LogP) is 15.5. The summed E-state index contributed by atoms with van der Waals surface area (Å²) in [5, 5.41) is 0. The Bertz CT molecular complexity index is 2820. The van der Waals surface area contributed by atoms with Gasteiger partial charge in [0.1, 0.15) is 104 Å². The molecule has 81 heavy (non-hydrogen) atoms. The van der Waals surface area contributed by atoms with Gasteiger partial charge < -0.3 is 18.9 Å². The lowest BCUT2D eigenvalue weighted by molar-refractivity contribution is -0.00361. The fourth-order valence-electron chi connectivity index (χ4n) is 14.3. The van der Waals surface area contributed by atoms with Crippen molar-refractivity contribution in [2.75, 3.05) is 78.8 Å². The summed E-state index contributed by atoms with van der Waals surface area (Å²) in [6.45, 7) is 14.0. The van der Waals surface area contributed by atoms with Gasteiger partial charge in [0.15, 0.2) is 0 Å². The molecule has 8 nitrogen and oxygen atoms in total. The minimum absolute atomic E-state index is 0.310. The van der Waals surface area contributed by atoms with Crippen LogP contribution in [0, 0.1) is 5.41 Å². The molecule has 0 bridgehead atoms. The fraction of sp³-hybridized carbons (Fsp3) is 0.342. The number of rotatable bonds is 24. The molecule has 4 saturated heterocycles. The first kappa shape index (κ1) is 54.4. The number of benzene rings is 8. The molecule has 8 aromatic carbocycles. The van der Waals surface area contributed by atoms with Crippen LogP contribution in [0.2, 0.25) is 0 Å². The molecule has 8 aromatic rings. The van der Waals surface area contributed by atoms with E-state index in [0.717, 1.165) is 119 Å². The maximum atomic E-state index is 7.15. The Hall–Kier alpha value is -7.20. The highest BCUT2D eigenvalue weighted by atomic mass is 16.5. The summed E-state index contributed by atoms with van der Waals surface area (Å²) in [4.78, 5) is 0. The monoisotopic (exact) mass is 1080 g/mol. The van der Waals surface area contributed by atoms with Crippen LogP contribution in [0.15, 0.2) is 218 Å². The molecule has 0 saturated carbocycles. The summed E-state index contributed by atoms with van der Waals surface area (Å²) in [6.07, 6.45) is 9.85. The second-order valence-corrected chi connectivity index (χ2v) is 24.4. The second-order valence-electron chi connectivity index (χ2n) is 24.4. The van der Waals surface area contributed by atoms with E-state index in [4.69, 9.17) is 18.9 Å². The number of nitrogens with zero attached hydrogens (tertiary/aromatic N) is 4. The maximum Gasteiger partial charge on any atom is 0.133 e. The number of hydrogen-bond donors (Lipinski definition) is 0. The number of likely N-dealkylation sites (tertiary alicyclic amines) is 4. The summed E-state index contributed by atoms with van der Waals surface area (Å²) in [6, 6.07) is 79.7. The van der Waals surface area contributed by atoms with E-state index in [1.54, 1.807) is 0 Å². The molecule has 12 rings (SSSR count). The quantitative estimate of drug-likeness (QED) is 0.0565. The Morgan fingerprint density at radius 3 is 0.667 bits per heavy atom. The van der Waals surface area contributed by atoms with Crippen LogP contribution in [0.4, 0.5) is 22.7 Å². The second kappa shape index (κ2) is 24.9. The number of ether oxygens (including phenoxy) is 4. The Labute approximate surface area is 482 Å². The molecule has 0 spiro atoms. The van der Waals surface area contributed by atoms with Gasteiger partial charge in [-0.1, -0.05) is 121 Å². The third-order valence-corrected chi connectivity index (χ3v) is 18.6. The lowest BCUT2D eigenvalue weighted by atomic mass is 9.91. The Morgan fingerprint density at radius 2 is 0.457 bits per heavy atom. The molecule has 4 fully saturated rings. The van der Waals surface area contributed by atoms with Crippen LogP contribution >= 0.6 is 0 Å². The summed E-state index contributed by atoms with van der Waals surface area (Å²) >= 11 is 0. The highest BCUT2D eigenvalue weighted by Crippen LogP contribution is 2.38. The molecular weight excluding hydrogens is 997 g/mol. The van der Waals surface area contributed by atoms with Crippen molar-refractivity contribution >= 4 is 22.7 Å². The van der Waals surface area contributed by atoms with Crippen LogP contribution in [-0.2, 0) is 26.2 Å². The lowest BCUT2D eigenvalue weighted by Crippen LogP contribution is -2.46. The van der Waals surface area contributed by atoms with Crippen molar-refractivity contribution in [3.8, 4) is 23.0 Å². The van der Waals surface area contributed by atoms with Crippen LogP contribution in [0.5, 0.6) is 23.0 Å². The molecule has 4 heterocycles. The van der Waals surface area contributed by atoms with Crippen LogP contribution in [-0.4, -0.2) is 78.8 Å². The molecule has 0 N–H and O–H groups in total. The zero-order chi connectivity index (χ0) is 54.7. The summed E-state index contributed by atoms with van der Waals surface area (Å²) in [5.41, 5.74) is 9.87. The largest absolute Gasteiger partial charge is 0.493 e. The molecule has 0 aliphatic carbocycles. The third kappa shape index (κ3) is 12.8. The van der Waals surface area contributed by atoms with E-state index in [1.165, 1.54) is 96.4 Å². The van der Waals surface area contributed by atoms with E-state index in [1.807, 2.05) is 0 Å². The minimum Gasteiger partial charge on any atom is -0.493 e. The van der Waals surface area contributed by atoms with Gasteiger partial charge in [0, 0.05) is 73.6 Å². The molecule has 4 aliphatic heterocycles. The van der Waals surface area contributed by atoms with Crippen LogP contribution in [0.25, 0.3) is 0 Å². The van der Waals surface area contributed by atoms with Crippen molar-refractivity contribution in [2.24, 2.45) is 5.41 Å². The molecular formula is C73H84N4O4+4. The Kier molecular flexibility index (Phi) is 16.7. The first-order valence-electron chi connectivity index (χ1n) is 30.4.